The van der Waals surface area contributed by atoms with Gasteiger partial charge in [0.1, 0.15) is 0 Å². The topological polar surface area (TPSA) is 22.3 Å². The lowest BCUT2D eigenvalue weighted by Crippen LogP contribution is -1.93. The molecule has 0 bridgehead atoms. The summed E-state index contributed by atoms with van der Waals surface area (Å²) in [5, 5.41) is 2.32. The summed E-state index contributed by atoms with van der Waals surface area (Å²) in [4.78, 5) is 0. The molecule has 1 unspecified atom stereocenters. The number of hydrogen-bond donors (Lipinski definition) is 0. The molecule has 0 aromatic heterocycles. The molecule has 0 heterocycles. The molecule has 0 aliphatic carbocycles. The summed E-state index contributed by atoms with van der Waals surface area (Å²) < 4.78 is 0. The van der Waals surface area contributed by atoms with Gasteiger partial charge in [0.2, 0.25) is 0 Å². The SMILES string of the molecule is CC([N])c1cccc2ccccc12.Cl. The smallest absolute Gasteiger partial charge is 0.0660 e. The van der Waals surface area contributed by atoms with Crippen molar-refractivity contribution < 1.29 is 0 Å². The second-order valence-electron chi connectivity index (χ2n) is 3.24. The van der Waals surface area contributed by atoms with Gasteiger partial charge in [0.05, 0.1) is 6.04 Å². The monoisotopic (exact) mass is 205 g/mol. The van der Waals surface area contributed by atoms with Crippen LogP contribution in [0.1, 0.15) is 18.5 Å². The molecule has 0 aliphatic heterocycles. The van der Waals surface area contributed by atoms with Crippen molar-refractivity contribution in [3.8, 4) is 0 Å². The van der Waals surface area contributed by atoms with Crippen LogP contribution in [0.15, 0.2) is 42.5 Å². The van der Waals surface area contributed by atoms with E-state index in [1.165, 1.54) is 5.39 Å². The number of nitrogens with zero attached hydrogens (tertiary/aromatic N) is 1. The highest BCUT2D eigenvalue weighted by Crippen LogP contribution is 2.22. The van der Waals surface area contributed by atoms with Crippen LogP contribution < -0.4 is 5.73 Å². The van der Waals surface area contributed by atoms with Gasteiger partial charge < -0.3 is 0 Å². The van der Waals surface area contributed by atoms with E-state index < -0.39 is 6.04 Å². The van der Waals surface area contributed by atoms with Gasteiger partial charge in [-0.3, -0.25) is 0 Å². The van der Waals surface area contributed by atoms with E-state index in [1.54, 1.807) is 6.92 Å². The molecule has 2 aromatic carbocycles. The zero-order valence-corrected chi connectivity index (χ0v) is 8.79. The van der Waals surface area contributed by atoms with Crippen LogP contribution in [0.25, 0.3) is 10.8 Å². The highest BCUT2D eigenvalue weighted by Gasteiger charge is 2.04. The van der Waals surface area contributed by atoms with Crippen LogP contribution in [0.2, 0.25) is 0 Å². The number of halogens is 1. The van der Waals surface area contributed by atoms with Gasteiger partial charge in [0, 0.05) is 0 Å². The molecule has 2 rings (SSSR count). The molecule has 14 heavy (non-hydrogen) atoms. The van der Waals surface area contributed by atoms with Gasteiger partial charge in [-0.2, -0.15) is 0 Å². The summed E-state index contributed by atoms with van der Waals surface area (Å²) in [6.07, 6.45) is 0. The van der Waals surface area contributed by atoms with E-state index in [0.29, 0.717) is 0 Å². The van der Waals surface area contributed by atoms with Crippen LogP contribution in [0.3, 0.4) is 0 Å². The fraction of sp³-hybridized carbons (Fsp3) is 0.167. The van der Waals surface area contributed by atoms with E-state index in [-0.39, 0.29) is 12.4 Å². The molecule has 72 valence electrons. The molecule has 2 heteroatoms. The fourth-order valence-corrected chi connectivity index (χ4v) is 1.61. The molecular formula is C12H12ClN. The Bertz CT molecular complexity index is 418. The van der Waals surface area contributed by atoms with E-state index in [1.807, 2.05) is 30.3 Å². The second kappa shape index (κ2) is 4.45. The summed E-state index contributed by atoms with van der Waals surface area (Å²) >= 11 is 0. The Labute approximate surface area is 90.3 Å². The van der Waals surface area contributed by atoms with E-state index in [4.69, 9.17) is 0 Å². The highest BCUT2D eigenvalue weighted by molar-refractivity contribution is 5.86. The zero-order valence-electron chi connectivity index (χ0n) is 7.97. The molecular weight excluding hydrogens is 194 g/mol. The van der Waals surface area contributed by atoms with Crippen molar-refractivity contribution in [1.29, 1.82) is 0 Å². The van der Waals surface area contributed by atoms with Gasteiger partial charge in [-0.05, 0) is 23.3 Å². The maximum atomic E-state index is 9.52. The van der Waals surface area contributed by atoms with Crippen LogP contribution in [-0.4, -0.2) is 0 Å². The second-order valence-corrected chi connectivity index (χ2v) is 3.24. The molecule has 0 spiro atoms. The highest BCUT2D eigenvalue weighted by atomic mass is 35.5. The molecule has 0 N–H and O–H groups in total. The first-order valence-electron chi connectivity index (χ1n) is 4.45. The van der Waals surface area contributed by atoms with E-state index in [9.17, 15) is 5.73 Å². The largest absolute Gasteiger partial charge is 0.147 e. The van der Waals surface area contributed by atoms with Gasteiger partial charge in [0.25, 0.3) is 0 Å². The van der Waals surface area contributed by atoms with Crippen molar-refractivity contribution >= 4 is 23.2 Å². The summed E-state index contributed by atoms with van der Waals surface area (Å²) in [6.45, 7) is 1.79. The van der Waals surface area contributed by atoms with Gasteiger partial charge in [-0.15, -0.1) is 18.1 Å². The van der Waals surface area contributed by atoms with Crippen LogP contribution in [0.5, 0.6) is 0 Å². The zero-order chi connectivity index (χ0) is 9.26. The average Bonchev–Trinajstić information content (AvgIpc) is 2.17. The third-order valence-corrected chi connectivity index (χ3v) is 2.27. The van der Waals surface area contributed by atoms with Crippen LogP contribution in [0, 0.1) is 0 Å². The molecule has 1 nitrogen and oxygen atoms in total. The third kappa shape index (κ3) is 1.89. The first kappa shape index (κ1) is 11.0. The van der Waals surface area contributed by atoms with Gasteiger partial charge in [-0.25, -0.2) is 0 Å². The molecule has 2 radical (unpaired) electrons. The van der Waals surface area contributed by atoms with Crippen molar-refractivity contribution in [2.75, 3.05) is 0 Å². The summed E-state index contributed by atoms with van der Waals surface area (Å²) in [6, 6.07) is 13.7. The average molecular weight is 206 g/mol. The quantitative estimate of drug-likeness (QED) is 0.681. The lowest BCUT2D eigenvalue weighted by atomic mass is 10.0. The molecule has 0 amide bonds. The standard InChI is InChI=1S/C12H11N.ClH/c1-9(13)11-8-4-6-10-5-2-3-7-12(10)11;/h2-9H,1H3;1H. The van der Waals surface area contributed by atoms with Gasteiger partial charge in [-0.1, -0.05) is 42.5 Å². The van der Waals surface area contributed by atoms with Crippen molar-refractivity contribution in [3.63, 3.8) is 0 Å². The maximum Gasteiger partial charge on any atom is 0.0660 e. The summed E-state index contributed by atoms with van der Waals surface area (Å²) in [5.74, 6) is 0. The predicted molar refractivity (Wildman–Crippen MR) is 61.7 cm³/mol. The van der Waals surface area contributed by atoms with Gasteiger partial charge in [0.15, 0.2) is 0 Å². The van der Waals surface area contributed by atoms with E-state index in [2.05, 4.69) is 12.1 Å². The first-order valence-corrected chi connectivity index (χ1v) is 4.45. The van der Waals surface area contributed by atoms with Crippen LogP contribution in [-0.2, 0) is 0 Å². The lowest BCUT2D eigenvalue weighted by molar-refractivity contribution is 0.795. The minimum atomic E-state index is -0.397. The first-order chi connectivity index (χ1) is 6.29. The Morgan fingerprint density at radius 2 is 1.64 bits per heavy atom. The number of hydrogen-bond acceptors (Lipinski definition) is 0. The lowest BCUT2D eigenvalue weighted by Gasteiger charge is -2.07. The van der Waals surface area contributed by atoms with Crippen LogP contribution in [0.4, 0.5) is 0 Å². The molecule has 0 saturated carbocycles. The summed E-state index contributed by atoms with van der Waals surface area (Å²) in [7, 11) is 0. The Kier molecular flexibility index (Phi) is 3.50. The van der Waals surface area contributed by atoms with Crippen molar-refractivity contribution in [3.05, 3.63) is 48.0 Å². The molecule has 2 aromatic rings. The van der Waals surface area contributed by atoms with Crippen molar-refractivity contribution in [2.45, 2.75) is 13.0 Å². The Hall–Kier alpha value is -1.05. The minimum absolute atomic E-state index is 0. The summed E-state index contributed by atoms with van der Waals surface area (Å²) in [5.41, 5.74) is 10.5. The normalized spacial score (nSPS) is 12.1. The van der Waals surface area contributed by atoms with Gasteiger partial charge >= 0.3 is 0 Å². The molecule has 0 saturated heterocycles. The Balaban J connectivity index is 0.000000980. The van der Waals surface area contributed by atoms with E-state index >= 15 is 0 Å². The number of benzene rings is 2. The number of rotatable bonds is 1. The maximum absolute atomic E-state index is 9.52. The molecule has 0 aliphatic rings. The minimum Gasteiger partial charge on any atom is -0.147 e. The molecule has 0 fully saturated rings. The third-order valence-electron chi connectivity index (χ3n) is 2.27. The van der Waals surface area contributed by atoms with Crippen LogP contribution >= 0.6 is 12.4 Å². The Morgan fingerprint density at radius 3 is 2.36 bits per heavy atom. The molecule has 1 atom stereocenters. The number of fused-ring (bicyclic) bond motifs is 1. The Morgan fingerprint density at radius 1 is 1.00 bits per heavy atom. The van der Waals surface area contributed by atoms with Crippen molar-refractivity contribution in [2.24, 2.45) is 0 Å². The fourth-order valence-electron chi connectivity index (χ4n) is 1.61. The predicted octanol–water partition coefficient (Wildman–Crippen LogP) is 3.39. The van der Waals surface area contributed by atoms with E-state index in [0.717, 1.165) is 10.9 Å². The van der Waals surface area contributed by atoms with Crippen molar-refractivity contribution in [1.82, 2.24) is 5.73 Å².